The van der Waals surface area contributed by atoms with Crippen LogP contribution in [0.1, 0.15) is 68.6 Å². The maximum absolute atomic E-state index is 12.6. The van der Waals surface area contributed by atoms with Gasteiger partial charge in [0.15, 0.2) is 0 Å². The Morgan fingerprint density at radius 1 is 0.232 bits per heavy atom. The molecule has 676 valence electrons. The fourth-order valence-corrected chi connectivity index (χ4v) is 27.7. The molecule has 2 spiro atoms. The number of anilines is 3. The Labute approximate surface area is 861 Å². The Kier molecular flexibility index (Phi) is 22.6. The van der Waals surface area contributed by atoms with Crippen molar-refractivity contribution in [1.29, 1.82) is 0 Å². The third-order valence-corrected chi connectivity index (χ3v) is 33.9. The average Bonchev–Trinajstić information content (AvgIpc) is 0.911. The van der Waals surface area contributed by atoms with Crippen molar-refractivity contribution < 1.29 is 5.11 Å². The summed E-state index contributed by atoms with van der Waals surface area (Å²) in [6.07, 6.45) is 0. The molecule has 0 radical (unpaired) electrons. The van der Waals surface area contributed by atoms with E-state index in [4.69, 9.17) is 34.8 Å². The van der Waals surface area contributed by atoms with Crippen LogP contribution in [0.5, 0.6) is 0 Å². The zero-order valence-electron chi connectivity index (χ0n) is 75.8. The predicted octanol–water partition coefficient (Wildman–Crippen LogP) is 38.2. The number of aliphatic hydroxyl groups is 1. The van der Waals surface area contributed by atoms with Gasteiger partial charge in [0.25, 0.3) is 0 Å². The lowest BCUT2D eigenvalue weighted by Gasteiger charge is -2.46. The van der Waals surface area contributed by atoms with E-state index in [1.54, 1.807) is 11.8 Å². The minimum Gasteiger partial charge on any atom is -0.376 e. The number of hydrogen-bond acceptors (Lipinski definition) is 5. The maximum Gasteiger partial charge on any atom is 0.143 e. The number of benzene rings is 23. The molecule has 0 unspecified atom stereocenters. The van der Waals surface area contributed by atoms with Gasteiger partial charge in [-0.1, -0.05) is 451 Å². The van der Waals surface area contributed by atoms with E-state index in [0.29, 0.717) is 5.02 Å². The largest absolute Gasteiger partial charge is 0.376 e. The molecule has 0 atom stereocenters. The first-order chi connectivity index (χ1) is 69.4. The molecule has 0 bridgehead atoms. The molecule has 5 aliphatic rings. The second kappa shape index (κ2) is 36.1. The predicted molar refractivity (Wildman–Crippen MR) is 605 cm³/mol. The summed E-state index contributed by atoms with van der Waals surface area (Å²) in [4.78, 5) is 9.85. The number of nitrogens with zero attached hydrogens (tertiary/aromatic N) is 2. The SMILES string of the molecule is C.Clc1ccc(-c2cccc3cccc(Br)c23)cc1.Clc1ccc2c(c1)C1(c3ccccc3Sc3ccccc31)c1cccc3cccc-2c13.OC1(c2cccc3cccc(-c4ccc(Cl)cc4)c23)c2ccccc2Sc2ccccc21.c1ccc(-n2c3ccccc3c3ccc(N(c4ccc5c(c4)C4(c6ccccc6Sc6ccccc64)c4cccc6cccc-5c46)c4ccc5ccccc5c4)cc32)cc1. The number of fused-ring (bicyclic) bond motifs is 24. The molecule has 10 heteroatoms. The number of hydrogen-bond donors (Lipinski definition) is 1. The summed E-state index contributed by atoms with van der Waals surface area (Å²) in [5, 5.41) is 29.6. The van der Waals surface area contributed by atoms with E-state index in [1.165, 1.54) is 162 Å². The first-order valence-corrected chi connectivity index (χ1v) is 51.7. The molecule has 0 fully saturated rings. The third-order valence-electron chi connectivity index (χ3n) is 29.0. The number of rotatable bonds is 7. The normalized spacial score (nSPS) is 13.4. The van der Waals surface area contributed by atoms with Crippen molar-refractivity contribution in [3.63, 3.8) is 0 Å². The highest BCUT2D eigenvalue weighted by atomic mass is 79.9. The summed E-state index contributed by atoms with van der Waals surface area (Å²) in [5.74, 6) is 0. The summed E-state index contributed by atoms with van der Waals surface area (Å²) in [7, 11) is 0. The van der Waals surface area contributed by atoms with Crippen LogP contribution in [0.3, 0.4) is 0 Å². The highest BCUT2D eigenvalue weighted by Crippen LogP contribution is 2.65. The van der Waals surface area contributed by atoms with E-state index < -0.39 is 16.4 Å². The van der Waals surface area contributed by atoms with E-state index in [-0.39, 0.29) is 7.43 Å². The molecule has 0 saturated carbocycles. The highest BCUT2D eigenvalue weighted by molar-refractivity contribution is 9.10. The van der Waals surface area contributed by atoms with Gasteiger partial charge in [-0.15, -0.1) is 0 Å². The van der Waals surface area contributed by atoms with Crippen LogP contribution in [0.25, 0.3) is 126 Å². The minimum atomic E-state index is -1.26. The highest BCUT2D eigenvalue weighted by Gasteiger charge is 2.51. The van der Waals surface area contributed by atoms with Crippen LogP contribution < -0.4 is 4.90 Å². The lowest BCUT2D eigenvalue weighted by Crippen LogP contribution is -2.36. The first-order valence-electron chi connectivity index (χ1n) is 47.4. The van der Waals surface area contributed by atoms with Gasteiger partial charge in [0.05, 0.1) is 21.9 Å². The Morgan fingerprint density at radius 3 is 1.10 bits per heavy atom. The van der Waals surface area contributed by atoms with Gasteiger partial charge < -0.3 is 14.6 Å². The quantitative estimate of drug-likeness (QED) is 0.172. The molecule has 24 aromatic rings. The number of para-hydroxylation sites is 2. The average molecular weight is 2000 g/mol. The van der Waals surface area contributed by atoms with E-state index in [2.05, 4.69) is 432 Å². The second-order valence-electron chi connectivity index (χ2n) is 36.5. The molecule has 3 nitrogen and oxygen atoms in total. The molecule has 142 heavy (non-hydrogen) atoms. The van der Waals surface area contributed by atoms with Crippen molar-refractivity contribution in [3.8, 4) is 50.2 Å². The molecule has 4 heterocycles. The van der Waals surface area contributed by atoms with Gasteiger partial charge in [0, 0.05) is 105 Å². The van der Waals surface area contributed by atoms with Crippen molar-refractivity contribution in [3.05, 3.63) is 572 Å². The monoisotopic (exact) mass is 1990 g/mol. The Bertz CT molecular complexity index is 9060. The third kappa shape index (κ3) is 14.4. The van der Waals surface area contributed by atoms with Crippen LogP contribution in [0.15, 0.2) is 525 Å². The van der Waals surface area contributed by atoms with Crippen LogP contribution in [0.2, 0.25) is 15.1 Å². The lowest BCUT2D eigenvalue weighted by molar-refractivity contribution is 0.120. The first kappa shape index (κ1) is 88.7. The summed E-state index contributed by atoms with van der Waals surface area (Å²) < 4.78 is 3.53. The summed E-state index contributed by atoms with van der Waals surface area (Å²) in [5.41, 5.74) is 27.6. The topological polar surface area (TPSA) is 28.4 Å². The molecule has 29 rings (SSSR count). The van der Waals surface area contributed by atoms with Crippen LogP contribution in [-0.4, -0.2) is 9.67 Å². The smallest absolute Gasteiger partial charge is 0.143 e. The molecule has 0 amide bonds. The fraction of sp³-hybridized carbons (Fsp3) is 0.0303. The van der Waals surface area contributed by atoms with Crippen LogP contribution in [0.4, 0.5) is 17.1 Å². The standard InChI is InChI=1S/C57H36N2S.C29H19ClOS.C29H17ClS.C16H10BrCl.CH4/c1-2-18-40(19-3-1)59-52-25-9-6-20-45(52)46-33-31-43(36-53(46)59)58(41-29-28-37-14-4-5-15-39(37)34-41)42-30-32-44-47-21-12-16-38-17-13-24-50(56(38)47)57(51(44)35-42)48-22-7-10-26-54(48)60-55-27-11-8-23-49(55)57;30-21-17-15-19(16-18-21)22-9-5-7-20-8-6-12-25(28(20)22)29(31)23-10-1-3-13-26(23)32-27-14-4-2-11-24(27)29;30-19-15-16-20-21-9-5-7-18-8-6-12-24(28(18)21)29(25(20)17-19)22-10-1-3-13-26(22)31-27-14-4-2-11-23(27)29;17-15-6-2-4-12-3-1-5-14(16(12)15)11-7-9-13(18)10-8-11;/h1-36H;1-18,31H;1-17H;1-10H;1H4. The van der Waals surface area contributed by atoms with E-state index >= 15 is 0 Å². The molecule has 3 aliphatic heterocycles. The maximum atomic E-state index is 12.6. The zero-order chi connectivity index (χ0) is 94.2. The summed E-state index contributed by atoms with van der Waals surface area (Å²) in [6, 6.07) is 176. The Hall–Kier alpha value is -14.7. The van der Waals surface area contributed by atoms with Crippen LogP contribution in [0, 0.1) is 0 Å². The Morgan fingerprint density at radius 2 is 0.577 bits per heavy atom. The van der Waals surface area contributed by atoms with Crippen molar-refractivity contribution in [1.82, 2.24) is 4.57 Å². The van der Waals surface area contributed by atoms with Gasteiger partial charge >= 0.3 is 0 Å². The van der Waals surface area contributed by atoms with E-state index in [0.717, 1.165) is 85.6 Å². The Balaban J connectivity index is 0.000000109. The summed E-state index contributed by atoms with van der Waals surface area (Å²) >= 11 is 27.9. The van der Waals surface area contributed by atoms with E-state index in [9.17, 15) is 5.11 Å². The van der Waals surface area contributed by atoms with Crippen LogP contribution in [-0.2, 0) is 16.4 Å². The molecule has 1 aromatic heterocycles. The van der Waals surface area contributed by atoms with Crippen molar-refractivity contribution in [2.75, 3.05) is 4.90 Å². The minimum absolute atomic E-state index is 0. The van der Waals surface area contributed by atoms with Gasteiger partial charge in [0.2, 0.25) is 0 Å². The van der Waals surface area contributed by atoms with Crippen molar-refractivity contribution in [2.24, 2.45) is 0 Å². The van der Waals surface area contributed by atoms with Gasteiger partial charge in [-0.05, 0) is 271 Å². The summed E-state index contributed by atoms with van der Waals surface area (Å²) in [6.45, 7) is 0. The molecule has 23 aromatic carbocycles. The lowest BCUT2D eigenvalue weighted by atomic mass is 9.59. The fourth-order valence-electron chi connectivity index (χ4n) is 23.1. The van der Waals surface area contributed by atoms with Gasteiger partial charge in [-0.2, -0.15) is 0 Å². The molecular formula is C132H86BrCl3N2OS3. The molecule has 0 saturated heterocycles. The second-order valence-corrected chi connectivity index (χ2v) is 41.9. The van der Waals surface area contributed by atoms with Gasteiger partial charge in [-0.25, -0.2) is 0 Å². The van der Waals surface area contributed by atoms with Crippen LogP contribution >= 0.6 is 86.0 Å². The van der Waals surface area contributed by atoms with E-state index in [1.807, 2.05) is 108 Å². The number of halogens is 4. The zero-order valence-corrected chi connectivity index (χ0v) is 82.1. The van der Waals surface area contributed by atoms with Gasteiger partial charge in [0.1, 0.15) is 5.60 Å². The number of aromatic nitrogens is 1. The van der Waals surface area contributed by atoms with Gasteiger partial charge in [-0.3, -0.25) is 0 Å². The van der Waals surface area contributed by atoms with Crippen molar-refractivity contribution in [2.45, 2.75) is 53.2 Å². The molecular weight excluding hydrogens is 1910 g/mol. The molecule has 1 N–H and O–H groups in total. The van der Waals surface area contributed by atoms with Crippen molar-refractivity contribution >= 4 is 179 Å². The molecule has 2 aliphatic carbocycles.